The molecule has 1 aromatic rings. The van der Waals surface area contributed by atoms with Gasteiger partial charge in [0.15, 0.2) is 16.6 Å². The molecule has 1 rings (SSSR count). The van der Waals surface area contributed by atoms with E-state index in [1.807, 2.05) is 0 Å². The van der Waals surface area contributed by atoms with E-state index in [1.165, 1.54) is 14.0 Å². The number of esters is 1. The van der Waals surface area contributed by atoms with Crippen molar-refractivity contribution in [1.29, 1.82) is 0 Å². The van der Waals surface area contributed by atoms with Crippen molar-refractivity contribution in [3.05, 3.63) is 10.6 Å². The number of nitrogens with zero attached hydrogens (tertiary/aromatic N) is 1. The Morgan fingerprint density at radius 3 is 2.53 bits per heavy atom. The van der Waals surface area contributed by atoms with Crippen LogP contribution in [0.2, 0.25) is 0 Å². The number of thiazole rings is 1. The molecule has 0 aromatic carbocycles. The lowest BCUT2D eigenvalue weighted by Crippen LogP contribution is -2.14. The van der Waals surface area contributed by atoms with Crippen molar-refractivity contribution in [3.8, 4) is 0 Å². The molecule has 0 unspecified atom stereocenters. The zero-order chi connectivity index (χ0) is 13.0. The summed E-state index contributed by atoms with van der Waals surface area (Å²) in [6.45, 7) is 1.12. The Labute approximate surface area is 100 Å². The minimum atomic E-state index is -1.28. The third-order valence-corrected chi connectivity index (χ3v) is 2.88. The first-order valence-corrected chi connectivity index (χ1v) is 5.33. The fourth-order valence-corrected chi connectivity index (χ4v) is 1.85. The Morgan fingerprint density at radius 1 is 1.47 bits per heavy atom. The van der Waals surface area contributed by atoms with Gasteiger partial charge in [-0.3, -0.25) is 9.59 Å². The number of Topliss-reactive ketones (excluding diaryl/α,β-unsaturated/α-hetero) is 1. The average Bonchev–Trinajstić information content (AvgIpc) is 2.70. The summed E-state index contributed by atoms with van der Waals surface area (Å²) in [6.07, 6.45) is 0. The van der Waals surface area contributed by atoms with Crippen molar-refractivity contribution in [2.24, 2.45) is 0 Å². The summed E-state index contributed by atoms with van der Waals surface area (Å²) in [5.74, 6) is -2.18. The maximum atomic E-state index is 11.2. The van der Waals surface area contributed by atoms with Crippen molar-refractivity contribution in [1.82, 2.24) is 4.98 Å². The molecule has 0 fully saturated rings. The van der Waals surface area contributed by atoms with Gasteiger partial charge in [0.25, 0.3) is 0 Å². The molecular weight excluding hydrogens is 248 g/mol. The first-order valence-electron chi connectivity index (χ1n) is 4.51. The van der Waals surface area contributed by atoms with Crippen LogP contribution in [0.5, 0.6) is 0 Å². The largest absolute Gasteiger partial charge is 0.476 e. The number of hydrogen-bond acceptors (Lipinski definition) is 7. The standard InChI is InChI=1S/C9H10N2O5S/c1-4(12)7-6(8(14)15)11-9(17-7)10-3-5(13)16-2/h3H2,1-2H3,(H,10,11)(H,14,15). The summed E-state index contributed by atoms with van der Waals surface area (Å²) in [5.41, 5.74) is -0.310. The Kier molecular flexibility index (Phi) is 4.16. The van der Waals surface area contributed by atoms with E-state index in [0.29, 0.717) is 0 Å². The number of aromatic carboxylic acids is 1. The Balaban J connectivity index is 2.88. The molecule has 2 N–H and O–H groups in total. The number of hydrogen-bond donors (Lipinski definition) is 2. The topological polar surface area (TPSA) is 106 Å². The molecule has 0 spiro atoms. The lowest BCUT2D eigenvalue weighted by atomic mass is 10.3. The van der Waals surface area contributed by atoms with Crippen molar-refractivity contribution in [2.75, 3.05) is 19.0 Å². The zero-order valence-electron chi connectivity index (χ0n) is 9.14. The Hall–Kier alpha value is -1.96. The summed E-state index contributed by atoms with van der Waals surface area (Å²) in [4.78, 5) is 36.6. The van der Waals surface area contributed by atoms with Crippen LogP contribution in [0.4, 0.5) is 5.13 Å². The van der Waals surface area contributed by atoms with E-state index in [0.717, 1.165) is 11.3 Å². The normalized spacial score (nSPS) is 9.76. The summed E-state index contributed by atoms with van der Waals surface area (Å²) < 4.78 is 4.40. The summed E-state index contributed by atoms with van der Waals surface area (Å²) in [7, 11) is 1.23. The SMILES string of the molecule is COC(=O)CNc1nc(C(=O)O)c(C(C)=O)s1. The van der Waals surface area contributed by atoms with Crippen molar-refractivity contribution in [3.63, 3.8) is 0 Å². The predicted octanol–water partition coefficient (Wildman–Crippen LogP) is 0.629. The van der Waals surface area contributed by atoms with E-state index in [1.54, 1.807) is 0 Å². The average molecular weight is 258 g/mol. The minimum absolute atomic E-state index is 0.0462. The van der Waals surface area contributed by atoms with E-state index in [-0.39, 0.29) is 28.0 Å². The second-order valence-corrected chi connectivity index (χ2v) is 3.99. The maximum Gasteiger partial charge on any atom is 0.356 e. The van der Waals surface area contributed by atoms with Crippen molar-refractivity contribution in [2.45, 2.75) is 6.92 Å². The fourth-order valence-electron chi connectivity index (χ4n) is 0.999. The molecule has 17 heavy (non-hydrogen) atoms. The number of carboxylic acid groups (broad SMARTS) is 1. The highest BCUT2D eigenvalue weighted by molar-refractivity contribution is 7.17. The van der Waals surface area contributed by atoms with Crippen LogP contribution in [0.1, 0.15) is 27.1 Å². The van der Waals surface area contributed by atoms with Gasteiger partial charge in [-0.1, -0.05) is 11.3 Å². The molecule has 0 aliphatic rings. The third kappa shape index (κ3) is 3.25. The highest BCUT2D eigenvalue weighted by atomic mass is 32.1. The number of carbonyl (C=O) groups is 3. The highest BCUT2D eigenvalue weighted by Gasteiger charge is 2.20. The monoisotopic (exact) mass is 258 g/mol. The molecule has 0 saturated heterocycles. The van der Waals surface area contributed by atoms with Gasteiger partial charge < -0.3 is 15.2 Å². The molecule has 0 saturated carbocycles. The molecule has 92 valence electrons. The quantitative estimate of drug-likeness (QED) is 0.589. The highest BCUT2D eigenvalue weighted by Crippen LogP contribution is 2.23. The van der Waals surface area contributed by atoms with Gasteiger partial charge in [-0.2, -0.15) is 0 Å². The van der Waals surface area contributed by atoms with Gasteiger partial charge >= 0.3 is 11.9 Å². The van der Waals surface area contributed by atoms with Crippen LogP contribution in [0.25, 0.3) is 0 Å². The number of ether oxygens (including phenoxy) is 1. The van der Waals surface area contributed by atoms with Gasteiger partial charge in [0.1, 0.15) is 11.4 Å². The number of rotatable bonds is 5. The molecule has 0 radical (unpaired) electrons. The zero-order valence-corrected chi connectivity index (χ0v) is 9.96. The van der Waals surface area contributed by atoms with Crippen LogP contribution in [0.15, 0.2) is 0 Å². The van der Waals surface area contributed by atoms with Crippen molar-refractivity contribution >= 4 is 34.2 Å². The molecule has 8 heteroatoms. The minimum Gasteiger partial charge on any atom is -0.476 e. The van der Waals surface area contributed by atoms with Crippen molar-refractivity contribution < 1.29 is 24.2 Å². The number of carbonyl (C=O) groups excluding carboxylic acids is 2. The first kappa shape index (κ1) is 13.1. The number of methoxy groups -OCH3 is 1. The molecule has 1 heterocycles. The fraction of sp³-hybridized carbons (Fsp3) is 0.333. The molecule has 0 atom stereocenters. The van der Waals surface area contributed by atoms with Crippen LogP contribution in [0, 0.1) is 0 Å². The Morgan fingerprint density at radius 2 is 2.12 bits per heavy atom. The summed E-state index contributed by atoms with van der Waals surface area (Å²) in [6, 6.07) is 0. The number of anilines is 1. The van der Waals surface area contributed by atoms with Gasteiger partial charge in [-0.15, -0.1) is 0 Å². The van der Waals surface area contributed by atoms with Gasteiger partial charge in [-0.05, 0) is 0 Å². The van der Waals surface area contributed by atoms with Gasteiger partial charge in [-0.25, -0.2) is 9.78 Å². The molecule has 0 bridgehead atoms. The van der Waals surface area contributed by atoms with E-state index in [2.05, 4.69) is 15.0 Å². The first-order chi connectivity index (χ1) is 7.95. The second kappa shape index (κ2) is 5.39. The lowest BCUT2D eigenvalue weighted by molar-refractivity contribution is -0.138. The maximum absolute atomic E-state index is 11.2. The van der Waals surface area contributed by atoms with E-state index < -0.39 is 11.9 Å². The van der Waals surface area contributed by atoms with Gasteiger partial charge in [0.2, 0.25) is 0 Å². The number of nitrogens with one attached hydrogen (secondary N) is 1. The van der Waals surface area contributed by atoms with Crippen LogP contribution >= 0.6 is 11.3 Å². The molecule has 7 nitrogen and oxygen atoms in total. The van der Waals surface area contributed by atoms with Crippen LogP contribution in [-0.4, -0.2) is 41.5 Å². The summed E-state index contributed by atoms with van der Waals surface area (Å²) >= 11 is 0.888. The van der Waals surface area contributed by atoms with Crippen LogP contribution in [-0.2, 0) is 9.53 Å². The van der Waals surface area contributed by atoms with Gasteiger partial charge in [0.05, 0.1) is 7.11 Å². The van der Waals surface area contributed by atoms with E-state index >= 15 is 0 Å². The summed E-state index contributed by atoms with van der Waals surface area (Å²) in [5, 5.41) is 11.6. The number of aromatic nitrogens is 1. The Bertz CT molecular complexity index is 436. The van der Waals surface area contributed by atoms with Gasteiger partial charge in [0, 0.05) is 6.92 Å². The number of carboxylic acids is 1. The molecule has 1 aromatic heterocycles. The lowest BCUT2D eigenvalue weighted by Gasteiger charge is -1.99. The third-order valence-electron chi connectivity index (χ3n) is 1.76. The van der Waals surface area contributed by atoms with E-state index in [9.17, 15) is 14.4 Å². The van der Waals surface area contributed by atoms with E-state index in [4.69, 9.17) is 5.11 Å². The molecule has 0 aliphatic carbocycles. The smallest absolute Gasteiger partial charge is 0.356 e. The number of ketones is 1. The molecule has 0 amide bonds. The van der Waals surface area contributed by atoms with Crippen LogP contribution in [0.3, 0.4) is 0 Å². The molecular formula is C9H10N2O5S. The van der Waals surface area contributed by atoms with Crippen LogP contribution < -0.4 is 5.32 Å². The second-order valence-electron chi connectivity index (χ2n) is 2.99. The molecule has 0 aliphatic heterocycles. The predicted molar refractivity (Wildman–Crippen MR) is 59.6 cm³/mol.